The Bertz CT molecular complexity index is 910. The van der Waals surface area contributed by atoms with Crippen LogP contribution in [0.25, 0.3) is 0 Å². The van der Waals surface area contributed by atoms with E-state index in [1.807, 2.05) is 18.3 Å². The van der Waals surface area contributed by atoms with E-state index in [-0.39, 0.29) is 0 Å². The van der Waals surface area contributed by atoms with E-state index in [0.29, 0.717) is 0 Å². The highest BCUT2D eigenvalue weighted by atomic mass is 79.9. The van der Waals surface area contributed by atoms with Crippen LogP contribution in [0.3, 0.4) is 0 Å². The molecule has 2 aromatic carbocycles. The number of nitrogens with one attached hydrogen (secondary N) is 1. The first-order chi connectivity index (χ1) is 12.2. The van der Waals surface area contributed by atoms with Gasteiger partial charge in [0.05, 0.1) is 0 Å². The molecule has 1 N–H and O–H groups in total. The number of benzene rings is 2. The predicted octanol–water partition coefficient (Wildman–Crippen LogP) is 4.85. The lowest BCUT2D eigenvalue weighted by molar-refractivity contribution is 0.708. The third-order valence-corrected chi connectivity index (χ3v) is 5.00. The molecule has 25 heavy (non-hydrogen) atoms. The highest BCUT2D eigenvalue weighted by molar-refractivity contribution is 9.10. The van der Waals surface area contributed by atoms with E-state index in [1.54, 1.807) is 0 Å². The zero-order valence-electron chi connectivity index (χ0n) is 14.0. The first kappa shape index (κ1) is 16.1. The summed E-state index contributed by atoms with van der Waals surface area (Å²) in [6, 6.07) is 16.7. The molecule has 0 atom stereocenters. The van der Waals surface area contributed by atoms with Gasteiger partial charge in [0.15, 0.2) is 0 Å². The molecule has 0 fully saturated rings. The standard InChI is InChI=1S/C20H19BrN4/c1-14-12-17(21)6-7-18(14)23-19-8-10-22-20(24-19)25-11-9-15-4-2-3-5-16(15)13-25/h2-8,10,12H,9,11,13H2,1H3,(H,22,23,24). The van der Waals surface area contributed by atoms with Crippen molar-refractivity contribution < 1.29 is 0 Å². The van der Waals surface area contributed by atoms with Crippen molar-refractivity contribution in [3.63, 3.8) is 0 Å². The van der Waals surface area contributed by atoms with Gasteiger partial charge in [-0.25, -0.2) is 4.98 Å². The van der Waals surface area contributed by atoms with Gasteiger partial charge in [-0.05, 0) is 54.3 Å². The number of anilines is 3. The number of fused-ring (bicyclic) bond motifs is 1. The van der Waals surface area contributed by atoms with E-state index in [2.05, 4.69) is 74.5 Å². The highest BCUT2D eigenvalue weighted by Crippen LogP contribution is 2.25. The van der Waals surface area contributed by atoms with Crippen LogP contribution in [0.5, 0.6) is 0 Å². The molecule has 0 aliphatic carbocycles. The van der Waals surface area contributed by atoms with Gasteiger partial charge in [0.2, 0.25) is 5.95 Å². The summed E-state index contributed by atoms with van der Waals surface area (Å²) in [5, 5.41) is 3.40. The van der Waals surface area contributed by atoms with Gasteiger partial charge in [-0.3, -0.25) is 0 Å². The van der Waals surface area contributed by atoms with Gasteiger partial charge in [0, 0.05) is 29.4 Å². The lowest BCUT2D eigenvalue weighted by Gasteiger charge is -2.29. The normalized spacial score (nSPS) is 13.4. The molecule has 0 unspecified atom stereocenters. The molecule has 0 amide bonds. The third-order valence-electron chi connectivity index (χ3n) is 4.51. The molecule has 126 valence electrons. The summed E-state index contributed by atoms with van der Waals surface area (Å²) in [5.41, 5.74) is 5.01. The molecular weight excluding hydrogens is 376 g/mol. The van der Waals surface area contributed by atoms with E-state index in [4.69, 9.17) is 4.98 Å². The fourth-order valence-corrected chi connectivity index (χ4v) is 3.62. The Morgan fingerprint density at radius 2 is 1.92 bits per heavy atom. The van der Waals surface area contributed by atoms with E-state index in [0.717, 1.165) is 41.4 Å². The molecule has 2 heterocycles. The fourth-order valence-electron chi connectivity index (χ4n) is 3.14. The minimum Gasteiger partial charge on any atom is -0.340 e. The maximum atomic E-state index is 4.72. The number of rotatable bonds is 3. The third kappa shape index (κ3) is 3.51. The van der Waals surface area contributed by atoms with Crippen LogP contribution in [-0.2, 0) is 13.0 Å². The second-order valence-corrected chi connectivity index (χ2v) is 7.18. The average Bonchev–Trinajstić information content (AvgIpc) is 2.64. The molecule has 0 spiro atoms. The molecule has 0 radical (unpaired) electrons. The van der Waals surface area contributed by atoms with Gasteiger partial charge in [-0.2, -0.15) is 4.98 Å². The van der Waals surface area contributed by atoms with Gasteiger partial charge in [-0.1, -0.05) is 40.2 Å². The first-order valence-corrected chi connectivity index (χ1v) is 9.16. The largest absolute Gasteiger partial charge is 0.340 e. The second-order valence-electron chi connectivity index (χ2n) is 6.27. The number of hydrogen-bond acceptors (Lipinski definition) is 4. The highest BCUT2D eigenvalue weighted by Gasteiger charge is 2.18. The van der Waals surface area contributed by atoms with Crippen LogP contribution in [0.2, 0.25) is 0 Å². The zero-order chi connectivity index (χ0) is 17.2. The Labute approximate surface area is 156 Å². The topological polar surface area (TPSA) is 41.1 Å². The van der Waals surface area contributed by atoms with Gasteiger partial charge in [-0.15, -0.1) is 0 Å². The number of aromatic nitrogens is 2. The van der Waals surface area contributed by atoms with E-state index >= 15 is 0 Å². The summed E-state index contributed by atoms with van der Waals surface area (Å²) >= 11 is 3.50. The molecule has 1 aliphatic rings. The summed E-state index contributed by atoms with van der Waals surface area (Å²) in [5.74, 6) is 1.59. The van der Waals surface area contributed by atoms with Gasteiger partial charge in [0.1, 0.15) is 5.82 Å². The number of nitrogens with zero attached hydrogens (tertiary/aromatic N) is 3. The van der Waals surface area contributed by atoms with Crippen molar-refractivity contribution >= 4 is 33.4 Å². The fraction of sp³-hybridized carbons (Fsp3) is 0.200. The Kier molecular flexibility index (Phi) is 4.40. The molecule has 3 aromatic rings. The molecule has 0 saturated carbocycles. The maximum absolute atomic E-state index is 4.72. The van der Waals surface area contributed by atoms with Crippen LogP contribution in [0.4, 0.5) is 17.5 Å². The number of aryl methyl sites for hydroxylation is 1. The van der Waals surface area contributed by atoms with E-state index < -0.39 is 0 Å². The first-order valence-electron chi connectivity index (χ1n) is 8.37. The monoisotopic (exact) mass is 394 g/mol. The Balaban J connectivity index is 1.56. The molecule has 0 saturated heterocycles. The van der Waals surface area contributed by atoms with Gasteiger partial charge >= 0.3 is 0 Å². The minimum absolute atomic E-state index is 0.772. The summed E-state index contributed by atoms with van der Waals surface area (Å²) in [7, 11) is 0. The summed E-state index contributed by atoms with van der Waals surface area (Å²) in [6.07, 6.45) is 2.85. The lowest BCUT2D eigenvalue weighted by Crippen LogP contribution is -2.31. The van der Waals surface area contributed by atoms with Crippen molar-refractivity contribution in [2.75, 3.05) is 16.8 Å². The van der Waals surface area contributed by atoms with Crippen molar-refractivity contribution in [2.24, 2.45) is 0 Å². The number of hydrogen-bond donors (Lipinski definition) is 1. The zero-order valence-corrected chi connectivity index (χ0v) is 15.6. The molecule has 0 bridgehead atoms. The molecule has 4 nitrogen and oxygen atoms in total. The maximum Gasteiger partial charge on any atom is 0.227 e. The molecular formula is C20H19BrN4. The van der Waals surface area contributed by atoms with E-state index in [9.17, 15) is 0 Å². The molecule has 1 aliphatic heterocycles. The quantitative estimate of drug-likeness (QED) is 0.688. The predicted molar refractivity (Wildman–Crippen MR) is 105 cm³/mol. The summed E-state index contributed by atoms with van der Waals surface area (Å²) in [4.78, 5) is 11.4. The summed E-state index contributed by atoms with van der Waals surface area (Å²) < 4.78 is 1.07. The molecule has 5 heteroatoms. The Morgan fingerprint density at radius 3 is 2.76 bits per heavy atom. The van der Waals surface area contributed by atoms with Crippen molar-refractivity contribution in [3.8, 4) is 0 Å². The van der Waals surface area contributed by atoms with Crippen LogP contribution in [0.1, 0.15) is 16.7 Å². The summed E-state index contributed by atoms with van der Waals surface area (Å²) in [6.45, 7) is 3.88. The molecule has 1 aromatic heterocycles. The van der Waals surface area contributed by atoms with Crippen molar-refractivity contribution in [2.45, 2.75) is 19.9 Å². The van der Waals surface area contributed by atoms with Crippen LogP contribution in [0, 0.1) is 6.92 Å². The van der Waals surface area contributed by atoms with Crippen molar-refractivity contribution in [1.29, 1.82) is 0 Å². The van der Waals surface area contributed by atoms with Crippen LogP contribution in [0.15, 0.2) is 59.2 Å². The van der Waals surface area contributed by atoms with E-state index in [1.165, 1.54) is 16.7 Å². The minimum atomic E-state index is 0.772. The molecule has 4 rings (SSSR count). The van der Waals surface area contributed by atoms with Gasteiger partial charge in [0.25, 0.3) is 0 Å². The number of halogens is 1. The Hall–Kier alpha value is -2.40. The average molecular weight is 395 g/mol. The lowest BCUT2D eigenvalue weighted by atomic mass is 10.0. The van der Waals surface area contributed by atoms with Crippen molar-refractivity contribution in [1.82, 2.24) is 9.97 Å². The second kappa shape index (κ2) is 6.84. The SMILES string of the molecule is Cc1cc(Br)ccc1Nc1ccnc(N2CCc3ccccc3C2)n1. The van der Waals surface area contributed by atoms with Crippen LogP contribution >= 0.6 is 15.9 Å². The smallest absolute Gasteiger partial charge is 0.227 e. The van der Waals surface area contributed by atoms with Crippen molar-refractivity contribution in [3.05, 3.63) is 75.9 Å². The van der Waals surface area contributed by atoms with Crippen LogP contribution in [-0.4, -0.2) is 16.5 Å². The van der Waals surface area contributed by atoms with Gasteiger partial charge < -0.3 is 10.2 Å². The van der Waals surface area contributed by atoms with Crippen LogP contribution < -0.4 is 10.2 Å². The Morgan fingerprint density at radius 1 is 1.08 bits per heavy atom.